The summed E-state index contributed by atoms with van der Waals surface area (Å²) in [5, 5.41) is 0. The first-order valence-corrected chi connectivity index (χ1v) is 8.01. The second-order valence-electron chi connectivity index (χ2n) is 7.47. The number of carbonyl (C=O) groups excluding carboxylic acids is 1. The molecule has 0 saturated carbocycles. The third-order valence-electron chi connectivity index (χ3n) is 3.81. The molecule has 0 aliphatic carbocycles. The zero-order valence-corrected chi connectivity index (χ0v) is 15.1. The Kier molecular flexibility index (Phi) is 9.14. The van der Waals surface area contributed by atoms with E-state index in [9.17, 15) is 4.79 Å². The van der Waals surface area contributed by atoms with Gasteiger partial charge in [0.05, 0.1) is 19.8 Å². The fourth-order valence-corrected chi connectivity index (χ4v) is 1.72. The molecule has 0 heterocycles. The van der Waals surface area contributed by atoms with E-state index in [1.807, 2.05) is 27.8 Å². The Bertz CT molecular complexity index is 295. The summed E-state index contributed by atoms with van der Waals surface area (Å²) in [5.41, 5.74) is 0.0286. The second kappa shape index (κ2) is 9.42. The topological polar surface area (TPSA) is 38.8 Å². The molecule has 0 N–H and O–H groups in total. The van der Waals surface area contributed by atoms with Gasteiger partial charge in [0.25, 0.3) is 0 Å². The molecule has 0 aliphatic rings. The Labute approximate surface area is 131 Å². The van der Waals surface area contributed by atoms with Crippen LogP contribution in [0.15, 0.2) is 0 Å². The van der Waals surface area contributed by atoms with Crippen molar-refractivity contribution >= 4 is 5.91 Å². The first-order chi connectivity index (χ1) is 9.60. The predicted octanol–water partition coefficient (Wildman–Crippen LogP) is 3.35. The highest BCUT2D eigenvalue weighted by Gasteiger charge is 2.24. The van der Waals surface area contributed by atoms with Crippen LogP contribution in [0.4, 0.5) is 0 Å². The van der Waals surface area contributed by atoms with Gasteiger partial charge in [-0.1, -0.05) is 48.0 Å². The summed E-state index contributed by atoms with van der Waals surface area (Å²) in [6.07, 6.45) is 2.24. The second-order valence-corrected chi connectivity index (χ2v) is 7.47. The summed E-state index contributed by atoms with van der Waals surface area (Å²) in [4.78, 5) is 13.7. The van der Waals surface area contributed by atoms with E-state index in [4.69, 9.17) is 9.47 Å². The largest absolute Gasteiger partial charge is 0.379 e. The first-order valence-electron chi connectivity index (χ1n) is 8.01. The third-order valence-corrected chi connectivity index (χ3v) is 3.81. The maximum Gasteiger partial charge on any atom is 0.227 e. The van der Waals surface area contributed by atoms with Gasteiger partial charge in [0.1, 0.15) is 0 Å². The van der Waals surface area contributed by atoms with Gasteiger partial charge in [0.2, 0.25) is 5.91 Å². The molecule has 0 aliphatic heterocycles. The maximum absolute atomic E-state index is 11.9. The van der Waals surface area contributed by atoms with E-state index in [-0.39, 0.29) is 11.3 Å². The zero-order valence-electron chi connectivity index (χ0n) is 15.1. The van der Waals surface area contributed by atoms with E-state index in [0.717, 1.165) is 13.0 Å². The highest BCUT2D eigenvalue weighted by atomic mass is 16.5. The summed E-state index contributed by atoms with van der Waals surface area (Å²) in [6, 6.07) is 0. The molecule has 1 amide bonds. The van der Waals surface area contributed by atoms with Gasteiger partial charge in [-0.15, -0.1) is 0 Å². The van der Waals surface area contributed by atoms with Crippen molar-refractivity contribution in [2.75, 3.05) is 40.0 Å². The minimum absolute atomic E-state index is 0.143. The van der Waals surface area contributed by atoms with E-state index < -0.39 is 0 Å². The van der Waals surface area contributed by atoms with Gasteiger partial charge in [0.15, 0.2) is 0 Å². The van der Waals surface area contributed by atoms with Gasteiger partial charge in [-0.05, 0) is 11.8 Å². The van der Waals surface area contributed by atoms with Crippen LogP contribution in [0.2, 0.25) is 0 Å². The van der Waals surface area contributed by atoms with Crippen molar-refractivity contribution in [3.8, 4) is 0 Å². The lowest BCUT2D eigenvalue weighted by atomic mass is 9.87. The van der Waals surface area contributed by atoms with Crippen molar-refractivity contribution in [2.24, 2.45) is 10.8 Å². The molecule has 4 nitrogen and oxygen atoms in total. The molecule has 4 heteroatoms. The van der Waals surface area contributed by atoms with Crippen LogP contribution in [0.25, 0.3) is 0 Å². The Hall–Kier alpha value is -0.610. The van der Waals surface area contributed by atoms with Gasteiger partial charge in [-0.3, -0.25) is 4.79 Å². The lowest BCUT2D eigenvalue weighted by Gasteiger charge is -2.25. The average molecular weight is 301 g/mol. The van der Waals surface area contributed by atoms with Crippen LogP contribution in [-0.2, 0) is 14.3 Å². The Morgan fingerprint density at radius 2 is 1.48 bits per heavy atom. The monoisotopic (exact) mass is 301 g/mol. The summed E-state index contributed by atoms with van der Waals surface area (Å²) in [6.45, 7) is 15.7. The van der Waals surface area contributed by atoms with Gasteiger partial charge in [-0.2, -0.15) is 0 Å². The highest BCUT2D eigenvalue weighted by molar-refractivity contribution is 5.81. The summed E-state index contributed by atoms with van der Waals surface area (Å²) in [7, 11) is 1.82. The van der Waals surface area contributed by atoms with Crippen LogP contribution >= 0.6 is 0 Å². The Balaban J connectivity index is 3.55. The van der Waals surface area contributed by atoms with Crippen LogP contribution < -0.4 is 0 Å². The number of rotatable bonds is 10. The van der Waals surface area contributed by atoms with Crippen LogP contribution in [0.1, 0.15) is 54.4 Å². The Morgan fingerprint density at radius 3 is 1.95 bits per heavy atom. The highest BCUT2D eigenvalue weighted by Crippen LogP contribution is 2.23. The van der Waals surface area contributed by atoms with Crippen LogP contribution in [0.3, 0.4) is 0 Å². The van der Waals surface area contributed by atoms with Crippen molar-refractivity contribution in [3.63, 3.8) is 0 Å². The number of amides is 1. The van der Waals surface area contributed by atoms with E-state index in [1.54, 1.807) is 4.90 Å². The van der Waals surface area contributed by atoms with Crippen LogP contribution in [-0.4, -0.2) is 50.8 Å². The van der Waals surface area contributed by atoms with Gasteiger partial charge >= 0.3 is 0 Å². The molecular weight excluding hydrogens is 266 g/mol. The van der Waals surface area contributed by atoms with Crippen LogP contribution in [0, 0.1) is 10.8 Å². The maximum atomic E-state index is 11.9. The molecule has 0 aromatic rings. The van der Waals surface area contributed by atoms with Gasteiger partial charge in [-0.25, -0.2) is 0 Å². The standard InChI is InChI=1S/C17H35NO3/c1-8-17(5,6)9-11-20-13-14-21-12-10-18(7)15(19)16(2,3)4/h8-14H2,1-7H3. The normalized spacial score (nSPS) is 12.5. The van der Waals surface area contributed by atoms with E-state index in [2.05, 4.69) is 20.8 Å². The summed E-state index contributed by atoms with van der Waals surface area (Å²) < 4.78 is 11.1. The number of carbonyl (C=O) groups is 1. The fraction of sp³-hybridized carbons (Fsp3) is 0.941. The molecule has 0 spiro atoms. The lowest BCUT2D eigenvalue weighted by molar-refractivity contribution is -0.138. The third kappa shape index (κ3) is 9.86. The molecule has 0 atom stereocenters. The molecule has 0 rings (SSSR count). The van der Waals surface area contributed by atoms with Crippen molar-refractivity contribution in [1.82, 2.24) is 4.90 Å². The molecule has 0 bridgehead atoms. The minimum atomic E-state index is -0.329. The molecule has 21 heavy (non-hydrogen) atoms. The number of likely N-dealkylation sites (N-methyl/N-ethyl adjacent to an activating group) is 1. The number of nitrogens with zero attached hydrogens (tertiary/aromatic N) is 1. The van der Waals surface area contributed by atoms with Crippen molar-refractivity contribution < 1.29 is 14.3 Å². The lowest BCUT2D eigenvalue weighted by Crippen LogP contribution is -2.38. The molecule has 0 aromatic carbocycles. The quantitative estimate of drug-likeness (QED) is 0.581. The molecular formula is C17H35NO3. The summed E-state index contributed by atoms with van der Waals surface area (Å²) >= 11 is 0. The molecule has 0 saturated heterocycles. The van der Waals surface area contributed by atoms with E-state index in [0.29, 0.717) is 31.8 Å². The summed E-state index contributed by atoms with van der Waals surface area (Å²) in [5.74, 6) is 0.143. The van der Waals surface area contributed by atoms with Crippen molar-refractivity contribution in [1.29, 1.82) is 0 Å². The molecule has 0 radical (unpaired) electrons. The fourth-order valence-electron chi connectivity index (χ4n) is 1.72. The zero-order chi connectivity index (χ0) is 16.5. The molecule has 0 unspecified atom stereocenters. The van der Waals surface area contributed by atoms with Gasteiger partial charge in [0, 0.05) is 25.6 Å². The average Bonchev–Trinajstić information content (AvgIpc) is 2.39. The number of ether oxygens (including phenoxy) is 2. The smallest absolute Gasteiger partial charge is 0.227 e. The Morgan fingerprint density at radius 1 is 0.952 bits per heavy atom. The van der Waals surface area contributed by atoms with Crippen molar-refractivity contribution in [3.05, 3.63) is 0 Å². The molecule has 126 valence electrons. The van der Waals surface area contributed by atoms with Crippen LogP contribution in [0.5, 0.6) is 0 Å². The van der Waals surface area contributed by atoms with Crippen molar-refractivity contribution in [2.45, 2.75) is 54.4 Å². The van der Waals surface area contributed by atoms with E-state index >= 15 is 0 Å². The SMILES string of the molecule is CCC(C)(C)CCOCCOCCN(C)C(=O)C(C)(C)C. The first kappa shape index (κ1) is 20.4. The molecule has 0 fully saturated rings. The minimum Gasteiger partial charge on any atom is -0.379 e. The van der Waals surface area contributed by atoms with E-state index in [1.165, 1.54) is 6.42 Å². The predicted molar refractivity (Wildman–Crippen MR) is 87.4 cm³/mol. The number of hydrogen-bond donors (Lipinski definition) is 0. The molecule has 0 aromatic heterocycles. The number of hydrogen-bond acceptors (Lipinski definition) is 3. The van der Waals surface area contributed by atoms with Gasteiger partial charge < -0.3 is 14.4 Å².